The van der Waals surface area contributed by atoms with Crippen molar-refractivity contribution in [2.75, 3.05) is 13.6 Å². The molecule has 2 heterocycles. The Morgan fingerprint density at radius 2 is 2.35 bits per heavy atom. The highest BCUT2D eigenvalue weighted by atomic mass is 32.2. The average Bonchev–Trinajstić information content (AvgIpc) is 3.12. The summed E-state index contributed by atoms with van der Waals surface area (Å²) >= 11 is -2.06. The molecule has 2 aromatic rings. The van der Waals surface area contributed by atoms with Crippen molar-refractivity contribution in [3.8, 4) is 0 Å². The Morgan fingerprint density at radius 1 is 1.52 bits per heavy atom. The summed E-state index contributed by atoms with van der Waals surface area (Å²) < 4.78 is 21.8. The van der Waals surface area contributed by atoms with Gasteiger partial charge in [-0.1, -0.05) is 18.2 Å². The molecule has 23 heavy (non-hydrogen) atoms. The Labute approximate surface area is 139 Å². The summed E-state index contributed by atoms with van der Waals surface area (Å²) in [6.45, 7) is 2.86. The number of rotatable bonds is 5. The van der Waals surface area contributed by atoms with Crippen molar-refractivity contribution in [3.05, 3.63) is 41.6 Å². The summed E-state index contributed by atoms with van der Waals surface area (Å²) in [7, 11) is 2.20. The highest BCUT2D eigenvalue weighted by Crippen LogP contribution is 2.26. The predicted molar refractivity (Wildman–Crippen MR) is 95.1 cm³/mol. The molecule has 0 bridgehead atoms. The van der Waals surface area contributed by atoms with Crippen molar-refractivity contribution >= 4 is 28.1 Å². The molecule has 1 saturated heterocycles. The van der Waals surface area contributed by atoms with Crippen LogP contribution in [0.5, 0.6) is 0 Å². The minimum atomic E-state index is -2.06. The van der Waals surface area contributed by atoms with E-state index < -0.39 is 16.3 Å². The normalized spacial score (nSPS) is 22.1. The standard InChI is InChI=1S/C18H24N2O2S/c1-13(23(21)22)5-6-14-7-8-18-17(10-14)15(12-19-18)11-16-4-3-9-20(16)2/h5-8,10,12-13,16,19H,3-4,9,11H2,1-2H3,(H,21,22)/p-1/t13-,16-/m1/s1. The van der Waals surface area contributed by atoms with Gasteiger partial charge in [-0.25, -0.2) is 0 Å². The first-order valence-corrected chi connectivity index (χ1v) is 9.25. The highest BCUT2D eigenvalue weighted by Gasteiger charge is 2.22. The van der Waals surface area contributed by atoms with Gasteiger partial charge in [-0.2, -0.15) is 0 Å². The first kappa shape index (κ1) is 16.4. The number of nitrogens with one attached hydrogen (secondary N) is 1. The number of fused-ring (bicyclic) bond motifs is 1. The number of hydrogen-bond donors (Lipinski definition) is 1. The third-order valence-corrected chi connectivity index (χ3v) is 5.55. The molecule has 1 aliphatic heterocycles. The first-order chi connectivity index (χ1) is 11.0. The molecule has 1 fully saturated rings. The molecule has 1 aliphatic rings. The van der Waals surface area contributed by atoms with Crippen LogP contribution in [0.4, 0.5) is 0 Å². The maximum Gasteiger partial charge on any atom is 0.0457 e. The fourth-order valence-electron chi connectivity index (χ4n) is 3.27. The molecule has 4 nitrogen and oxygen atoms in total. The number of benzene rings is 1. The Bertz CT molecular complexity index is 738. The number of H-pyrrole nitrogens is 1. The molecule has 0 spiro atoms. The van der Waals surface area contributed by atoms with E-state index in [1.54, 1.807) is 13.0 Å². The highest BCUT2D eigenvalue weighted by molar-refractivity contribution is 7.80. The quantitative estimate of drug-likeness (QED) is 0.857. The lowest BCUT2D eigenvalue weighted by molar-refractivity contribution is 0.310. The molecular weight excluding hydrogens is 308 g/mol. The largest absolute Gasteiger partial charge is 0.772 e. The van der Waals surface area contributed by atoms with Crippen LogP contribution in [0, 0.1) is 0 Å². The van der Waals surface area contributed by atoms with Gasteiger partial charge in [-0.05, 0) is 74.1 Å². The lowest BCUT2D eigenvalue weighted by Crippen LogP contribution is -2.26. The van der Waals surface area contributed by atoms with Gasteiger partial charge in [-0.15, -0.1) is 0 Å². The third-order valence-electron chi connectivity index (χ3n) is 4.78. The van der Waals surface area contributed by atoms with Crippen LogP contribution in [0.25, 0.3) is 17.0 Å². The molecule has 0 amide bonds. The van der Waals surface area contributed by atoms with E-state index in [1.807, 2.05) is 12.1 Å². The molecule has 0 aliphatic carbocycles. The van der Waals surface area contributed by atoms with Gasteiger partial charge in [0, 0.05) is 28.4 Å². The second kappa shape index (κ2) is 6.99. The van der Waals surface area contributed by atoms with E-state index in [9.17, 15) is 8.76 Å². The Balaban J connectivity index is 1.83. The minimum Gasteiger partial charge on any atom is -0.772 e. The van der Waals surface area contributed by atoms with E-state index >= 15 is 0 Å². The molecule has 0 radical (unpaired) electrons. The van der Waals surface area contributed by atoms with Gasteiger partial charge in [0.15, 0.2) is 0 Å². The van der Waals surface area contributed by atoms with Crippen LogP contribution < -0.4 is 0 Å². The second-order valence-corrected chi connectivity index (χ2v) is 7.69. The van der Waals surface area contributed by atoms with Crippen molar-refractivity contribution in [2.24, 2.45) is 0 Å². The smallest absolute Gasteiger partial charge is 0.0457 e. The van der Waals surface area contributed by atoms with E-state index in [1.165, 1.54) is 30.3 Å². The fourth-order valence-corrected chi connectivity index (χ4v) is 3.48. The molecule has 1 unspecified atom stereocenters. The van der Waals surface area contributed by atoms with Gasteiger partial charge in [-0.3, -0.25) is 4.21 Å². The number of likely N-dealkylation sites (N-methyl/N-ethyl adjacent to an activating group) is 1. The van der Waals surface area contributed by atoms with Gasteiger partial charge in [0.05, 0.1) is 0 Å². The van der Waals surface area contributed by atoms with Crippen LogP contribution in [-0.2, 0) is 17.5 Å². The van der Waals surface area contributed by atoms with Gasteiger partial charge < -0.3 is 14.4 Å². The SMILES string of the molecule is C[C@H](C=Cc1ccc2[nH]cc(C[C@H]3CCCN3C)c2c1)S(=O)[O-]. The zero-order valence-electron chi connectivity index (χ0n) is 13.6. The molecule has 5 heteroatoms. The van der Waals surface area contributed by atoms with Crippen molar-refractivity contribution in [3.63, 3.8) is 0 Å². The summed E-state index contributed by atoms with van der Waals surface area (Å²) in [5.74, 6) is 0. The Morgan fingerprint density at radius 3 is 3.04 bits per heavy atom. The predicted octanol–water partition coefficient (Wildman–Crippen LogP) is 3.09. The monoisotopic (exact) mass is 331 g/mol. The van der Waals surface area contributed by atoms with Gasteiger partial charge >= 0.3 is 0 Å². The summed E-state index contributed by atoms with van der Waals surface area (Å²) in [5.41, 5.74) is 3.52. The van der Waals surface area contributed by atoms with E-state index in [2.05, 4.69) is 35.3 Å². The molecule has 3 rings (SSSR count). The van der Waals surface area contributed by atoms with Crippen molar-refractivity contribution < 1.29 is 8.76 Å². The molecule has 124 valence electrons. The van der Waals surface area contributed by atoms with Gasteiger partial charge in [0.1, 0.15) is 0 Å². The molecular formula is C18H23N2O2S-. The van der Waals surface area contributed by atoms with Gasteiger partial charge in [0.25, 0.3) is 0 Å². The van der Waals surface area contributed by atoms with Crippen LogP contribution in [0.2, 0.25) is 0 Å². The van der Waals surface area contributed by atoms with Gasteiger partial charge in [0.2, 0.25) is 0 Å². The third kappa shape index (κ3) is 3.74. The fraction of sp³-hybridized carbons (Fsp3) is 0.444. The van der Waals surface area contributed by atoms with Crippen LogP contribution in [0.15, 0.2) is 30.5 Å². The lowest BCUT2D eigenvalue weighted by atomic mass is 10.0. The lowest BCUT2D eigenvalue weighted by Gasteiger charge is -2.18. The van der Waals surface area contributed by atoms with Crippen molar-refractivity contribution in [2.45, 2.75) is 37.5 Å². The number of aromatic amines is 1. The average molecular weight is 331 g/mol. The number of hydrogen-bond acceptors (Lipinski definition) is 3. The second-order valence-electron chi connectivity index (χ2n) is 6.42. The number of aromatic nitrogens is 1. The van der Waals surface area contributed by atoms with Crippen LogP contribution in [-0.4, -0.2) is 43.5 Å². The first-order valence-electron chi connectivity index (χ1n) is 8.11. The zero-order chi connectivity index (χ0) is 16.4. The summed E-state index contributed by atoms with van der Waals surface area (Å²) in [5, 5.41) is 0.770. The van der Waals surface area contributed by atoms with E-state index in [0.29, 0.717) is 6.04 Å². The Hall–Kier alpha value is -1.43. The molecule has 0 saturated carbocycles. The van der Waals surface area contributed by atoms with E-state index in [-0.39, 0.29) is 0 Å². The molecule has 1 N–H and O–H groups in total. The summed E-state index contributed by atoms with van der Waals surface area (Å²) in [6, 6.07) is 6.85. The van der Waals surface area contributed by atoms with Crippen LogP contribution >= 0.6 is 0 Å². The number of likely N-dealkylation sites (tertiary alicyclic amines) is 1. The molecule has 1 aromatic heterocycles. The molecule has 1 aromatic carbocycles. The van der Waals surface area contributed by atoms with E-state index in [4.69, 9.17) is 0 Å². The summed E-state index contributed by atoms with van der Waals surface area (Å²) in [4.78, 5) is 5.78. The Kier molecular flexibility index (Phi) is 4.99. The number of nitrogens with zero attached hydrogens (tertiary/aromatic N) is 1. The van der Waals surface area contributed by atoms with Crippen LogP contribution in [0.3, 0.4) is 0 Å². The zero-order valence-corrected chi connectivity index (χ0v) is 14.4. The van der Waals surface area contributed by atoms with Crippen molar-refractivity contribution in [1.29, 1.82) is 0 Å². The van der Waals surface area contributed by atoms with Crippen molar-refractivity contribution in [1.82, 2.24) is 9.88 Å². The van der Waals surface area contributed by atoms with E-state index in [0.717, 1.165) is 17.5 Å². The topological polar surface area (TPSA) is 59.2 Å². The summed E-state index contributed by atoms with van der Waals surface area (Å²) in [6.07, 6.45) is 9.32. The maximum absolute atomic E-state index is 10.9. The maximum atomic E-state index is 10.9. The minimum absolute atomic E-state index is 0.469. The van der Waals surface area contributed by atoms with Crippen LogP contribution in [0.1, 0.15) is 30.9 Å². The molecule has 3 atom stereocenters.